The molecule has 0 spiro atoms. The van der Waals surface area contributed by atoms with E-state index in [4.69, 9.17) is 21.1 Å². The predicted octanol–water partition coefficient (Wildman–Crippen LogP) is 3.08. The van der Waals surface area contributed by atoms with Crippen LogP contribution in [0.2, 0.25) is 5.02 Å². The van der Waals surface area contributed by atoms with Gasteiger partial charge >= 0.3 is 0 Å². The Morgan fingerprint density at radius 3 is 2.54 bits per heavy atom. The van der Waals surface area contributed by atoms with Crippen molar-refractivity contribution in [2.45, 2.75) is 19.5 Å². The molecular weight excluding hydrogens is 356 g/mol. The number of hydrogen-bond donors (Lipinski definition) is 1. The third-order valence-electron chi connectivity index (χ3n) is 4.24. The van der Waals surface area contributed by atoms with E-state index in [9.17, 15) is 9.59 Å². The van der Waals surface area contributed by atoms with Gasteiger partial charge in [0.25, 0.3) is 5.91 Å². The first-order chi connectivity index (χ1) is 12.4. The number of hydrogen-bond acceptors (Lipinski definition) is 4. The second-order valence-corrected chi connectivity index (χ2v) is 6.39. The minimum absolute atomic E-state index is 0.202. The van der Waals surface area contributed by atoms with E-state index in [1.807, 2.05) is 12.1 Å². The zero-order chi connectivity index (χ0) is 18.8. The van der Waals surface area contributed by atoms with Crippen molar-refractivity contribution >= 4 is 29.1 Å². The van der Waals surface area contributed by atoms with Crippen molar-refractivity contribution in [2.24, 2.45) is 0 Å². The third-order valence-corrected chi connectivity index (χ3v) is 4.48. The van der Waals surface area contributed by atoms with Crippen molar-refractivity contribution in [3.05, 3.63) is 52.5 Å². The highest BCUT2D eigenvalue weighted by Gasteiger charge is 2.38. The summed E-state index contributed by atoms with van der Waals surface area (Å²) in [6, 6.07) is 9.99. The highest BCUT2D eigenvalue weighted by Crippen LogP contribution is 2.39. The molecule has 1 aliphatic rings. The molecule has 3 rings (SSSR count). The molecule has 0 saturated heterocycles. The van der Waals surface area contributed by atoms with Gasteiger partial charge in [-0.1, -0.05) is 17.7 Å². The number of fused-ring (bicyclic) bond motifs is 1. The zero-order valence-electron chi connectivity index (χ0n) is 14.7. The maximum Gasteiger partial charge on any atom is 0.254 e. The van der Waals surface area contributed by atoms with Gasteiger partial charge in [-0.25, -0.2) is 0 Å². The Kier molecular flexibility index (Phi) is 5.04. The average Bonchev–Trinajstić information content (AvgIpc) is 2.86. The highest BCUT2D eigenvalue weighted by molar-refractivity contribution is 6.31. The lowest BCUT2D eigenvalue weighted by molar-refractivity contribution is -0.126. The monoisotopic (exact) mass is 374 g/mol. The quantitative estimate of drug-likeness (QED) is 0.873. The number of benzene rings is 2. The third kappa shape index (κ3) is 3.32. The average molecular weight is 375 g/mol. The summed E-state index contributed by atoms with van der Waals surface area (Å²) in [4.78, 5) is 26.0. The summed E-state index contributed by atoms with van der Waals surface area (Å²) in [6.45, 7) is 1.72. The molecule has 1 N–H and O–H groups in total. The van der Waals surface area contributed by atoms with Gasteiger partial charge in [-0.15, -0.1) is 0 Å². The number of halogens is 1. The topological polar surface area (TPSA) is 67.9 Å². The van der Waals surface area contributed by atoms with Crippen molar-refractivity contribution < 1.29 is 19.1 Å². The molecule has 0 bridgehead atoms. The Bertz CT molecular complexity index is 869. The molecule has 0 aromatic heterocycles. The van der Waals surface area contributed by atoms with Crippen LogP contribution in [0.5, 0.6) is 11.5 Å². The van der Waals surface area contributed by atoms with Crippen molar-refractivity contribution in [1.29, 1.82) is 0 Å². The Morgan fingerprint density at radius 1 is 1.15 bits per heavy atom. The number of nitrogens with one attached hydrogen (secondary N) is 1. The summed E-state index contributed by atoms with van der Waals surface area (Å²) in [5.41, 5.74) is 2.30. The number of ether oxygens (including phenoxy) is 2. The number of carbonyl (C=O) groups is 2. The fraction of sp³-hybridized carbons (Fsp3) is 0.263. The summed E-state index contributed by atoms with van der Waals surface area (Å²) >= 11 is 6.08. The maximum atomic E-state index is 12.9. The smallest absolute Gasteiger partial charge is 0.254 e. The maximum absolute atomic E-state index is 12.9. The van der Waals surface area contributed by atoms with Crippen molar-refractivity contribution in [1.82, 2.24) is 5.32 Å². The molecular formula is C19H19ClN2O4. The fourth-order valence-electron chi connectivity index (χ4n) is 3.08. The van der Waals surface area contributed by atoms with E-state index in [2.05, 4.69) is 5.32 Å². The van der Waals surface area contributed by atoms with Crippen molar-refractivity contribution in [2.75, 3.05) is 19.1 Å². The van der Waals surface area contributed by atoms with Crippen LogP contribution in [0.25, 0.3) is 0 Å². The van der Waals surface area contributed by atoms with Crippen LogP contribution in [0.15, 0.2) is 36.4 Å². The fourth-order valence-corrected chi connectivity index (χ4v) is 3.26. The highest BCUT2D eigenvalue weighted by atomic mass is 35.5. The van der Waals surface area contributed by atoms with Crippen LogP contribution < -0.4 is 19.7 Å². The number of carbonyl (C=O) groups excluding carboxylic acids is 2. The largest absolute Gasteiger partial charge is 0.493 e. The van der Waals surface area contributed by atoms with Gasteiger partial charge in [0.05, 0.1) is 20.8 Å². The Labute approximate surface area is 156 Å². The molecule has 0 radical (unpaired) electrons. The molecule has 2 aromatic carbocycles. The summed E-state index contributed by atoms with van der Waals surface area (Å²) in [5, 5.41) is 3.21. The second-order valence-electron chi connectivity index (χ2n) is 5.95. The molecule has 1 heterocycles. The number of nitrogens with zero attached hydrogens (tertiary/aromatic N) is 1. The molecule has 7 heteroatoms. The molecule has 2 aromatic rings. The molecule has 0 unspecified atom stereocenters. The van der Waals surface area contributed by atoms with E-state index < -0.39 is 6.04 Å². The molecule has 6 nitrogen and oxygen atoms in total. The van der Waals surface area contributed by atoms with Gasteiger partial charge in [0.2, 0.25) is 5.91 Å². The van der Waals surface area contributed by atoms with E-state index in [1.165, 1.54) is 6.92 Å². The first-order valence-electron chi connectivity index (χ1n) is 8.03. The van der Waals surface area contributed by atoms with Crippen molar-refractivity contribution in [3.8, 4) is 11.5 Å². The van der Waals surface area contributed by atoms with Gasteiger partial charge in [0.15, 0.2) is 11.5 Å². The summed E-state index contributed by atoms with van der Waals surface area (Å²) < 4.78 is 10.6. The molecule has 0 saturated carbocycles. The lowest BCUT2D eigenvalue weighted by atomic mass is 10.1. The number of amides is 2. The van der Waals surface area contributed by atoms with Gasteiger partial charge in [-0.3, -0.25) is 9.59 Å². The first kappa shape index (κ1) is 18.1. The van der Waals surface area contributed by atoms with E-state index in [0.717, 1.165) is 11.3 Å². The lowest BCUT2D eigenvalue weighted by Gasteiger charge is -2.19. The summed E-state index contributed by atoms with van der Waals surface area (Å²) in [5.74, 6) is 0.730. The van der Waals surface area contributed by atoms with E-state index in [0.29, 0.717) is 28.6 Å². The normalized spacial score (nSPS) is 15.6. The van der Waals surface area contributed by atoms with Gasteiger partial charge in [0, 0.05) is 23.2 Å². The first-order valence-corrected chi connectivity index (χ1v) is 8.41. The number of methoxy groups -OCH3 is 2. The second kappa shape index (κ2) is 7.25. The van der Waals surface area contributed by atoms with Crippen LogP contribution >= 0.6 is 11.6 Å². The minimum atomic E-state index is -0.735. The molecule has 0 aliphatic carbocycles. The standard InChI is InChI=1S/C19H19ClN2O4/c1-11(23)21-18-14-9-13(20)5-6-15(14)22(19(18)24)10-12-4-7-16(25-2)17(8-12)26-3/h4-9,18H,10H2,1-3H3,(H,21,23)/t18-/m1/s1. The molecule has 1 atom stereocenters. The van der Waals surface area contributed by atoms with Crippen LogP contribution in [0, 0.1) is 0 Å². The van der Waals surface area contributed by atoms with E-state index >= 15 is 0 Å². The van der Waals surface area contributed by atoms with Crippen LogP contribution in [-0.2, 0) is 16.1 Å². The van der Waals surface area contributed by atoms with Crippen LogP contribution in [-0.4, -0.2) is 26.0 Å². The van der Waals surface area contributed by atoms with E-state index in [-0.39, 0.29) is 11.8 Å². The number of anilines is 1. The SMILES string of the molecule is COc1ccc(CN2C(=O)[C@H](NC(C)=O)c3cc(Cl)ccc32)cc1OC. The van der Waals surface area contributed by atoms with Gasteiger partial charge in [0.1, 0.15) is 6.04 Å². The molecule has 0 fully saturated rings. The van der Waals surface area contributed by atoms with Crippen molar-refractivity contribution in [3.63, 3.8) is 0 Å². The van der Waals surface area contributed by atoms with Gasteiger partial charge in [-0.2, -0.15) is 0 Å². The Morgan fingerprint density at radius 2 is 1.88 bits per heavy atom. The summed E-state index contributed by atoms with van der Waals surface area (Å²) in [7, 11) is 3.13. The minimum Gasteiger partial charge on any atom is -0.493 e. The van der Waals surface area contributed by atoms with Crippen LogP contribution in [0.4, 0.5) is 5.69 Å². The van der Waals surface area contributed by atoms with Crippen LogP contribution in [0.3, 0.4) is 0 Å². The summed E-state index contributed by atoms with van der Waals surface area (Å²) in [6.07, 6.45) is 0. The number of rotatable bonds is 5. The lowest BCUT2D eigenvalue weighted by Crippen LogP contribution is -2.36. The Balaban J connectivity index is 1.96. The molecule has 1 aliphatic heterocycles. The zero-order valence-corrected chi connectivity index (χ0v) is 15.5. The van der Waals surface area contributed by atoms with Gasteiger partial charge < -0.3 is 19.7 Å². The molecule has 136 valence electrons. The molecule has 26 heavy (non-hydrogen) atoms. The Hall–Kier alpha value is -2.73. The van der Waals surface area contributed by atoms with E-state index in [1.54, 1.807) is 43.4 Å². The predicted molar refractivity (Wildman–Crippen MR) is 98.7 cm³/mol. The molecule has 2 amide bonds. The van der Waals surface area contributed by atoms with Crippen LogP contribution in [0.1, 0.15) is 24.1 Å². The van der Waals surface area contributed by atoms with Gasteiger partial charge in [-0.05, 0) is 35.9 Å².